The fourth-order valence-electron chi connectivity index (χ4n) is 1.75. The largest absolute Gasteiger partial charge is 0.301 e. The molecule has 1 saturated heterocycles. The zero-order valence-corrected chi connectivity index (χ0v) is 11.2. The molecule has 0 spiro atoms. The number of rotatable bonds is 4. The van der Waals surface area contributed by atoms with Crippen LogP contribution >= 0.6 is 11.8 Å². The molecule has 1 fully saturated rings. The van der Waals surface area contributed by atoms with Crippen molar-refractivity contribution in [2.75, 3.05) is 36.9 Å². The van der Waals surface area contributed by atoms with Gasteiger partial charge in [0.25, 0.3) is 0 Å². The Labute approximate surface area is 108 Å². The van der Waals surface area contributed by atoms with Crippen molar-refractivity contribution in [2.24, 2.45) is 0 Å². The first-order valence-electron chi connectivity index (χ1n) is 5.70. The van der Waals surface area contributed by atoms with Gasteiger partial charge in [-0.2, -0.15) is 0 Å². The summed E-state index contributed by atoms with van der Waals surface area (Å²) in [6.07, 6.45) is 0. The number of hydrogen-bond acceptors (Lipinski definition) is 3. The highest BCUT2D eigenvalue weighted by atomic mass is 32.2. The highest BCUT2D eigenvalue weighted by Crippen LogP contribution is 2.21. The molecule has 1 aromatic rings. The van der Waals surface area contributed by atoms with Crippen molar-refractivity contribution >= 4 is 22.6 Å². The summed E-state index contributed by atoms with van der Waals surface area (Å²) in [6, 6.07) is 6.87. The summed E-state index contributed by atoms with van der Waals surface area (Å²) in [7, 11) is -0.615. The second-order valence-corrected chi connectivity index (χ2v) is 6.80. The number of halogens is 1. The van der Waals surface area contributed by atoms with E-state index in [1.165, 1.54) is 6.07 Å². The van der Waals surface area contributed by atoms with Crippen LogP contribution < -0.4 is 0 Å². The molecule has 0 aromatic heterocycles. The summed E-state index contributed by atoms with van der Waals surface area (Å²) in [4.78, 5) is 3.02. The minimum Gasteiger partial charge on any atom is -0.301 e. The molecular weight excluding hydrogens is 257 g/mol. The van der Waals surface area contributed by atoms with Gasteiger partial charge in [-0.25, -0.2) is 4.39 Å². The standard InChI is InChI=1S/C12H16FNOS2/c13-11-3-1-2-4-12(11)16-8-5-14-6-9-17(15)10-7-14/h1-4H,5-10H2. The monoisotopic (exact) mass is 273 g/mol. The molecule has 1 aliphatic heterocycles. The topological polar surface area (TPSA) is 20.3 Å². The maximum absolute atomic E-state index is 13.3. The normalized spacial score (nSPS) is 18.4. The summed E-state index contributed by atoms with van der Waals surface area (Å²) in [6.45, 7) is 2.76. The van der Waals surface area contributed by atoms with Crippen LogP contribution in [0.1, 0.15) is 0 Å². The molecule has 0 amide bonds. The highest BCUT2D eigenvalue weighted by Gasteiger charge is 2.14. The molecule has 0 atom stereocenters. The van der Waals surface area contributed by atoms with Gasteiger partial charge in [0.05, 0.1) is 0 Å². The first-order chi connectivity index (χ1) is 8.25. The van der Waals surface area contributed by atoms with Crippen LogP contribution in [-0.2, 0) is 10.8 Å². The van der Waals surface area contributed by atoms with E-state index in [4.69, 9.17) is 0 Å². The van der Waals surface area contributed by atoms with E-state index in [2.05, 4.69) is 4.90 Å². The molecule has 0 saturated carbocycles. The van der Waals surface area contributed by atoms with E-state index in [9.17, 15) is 8.60 Å². The van der Waals surface area contributed by atoms with Crippen LogP contribution in [0.25, 0.3) is 0 Å². The molecule has 5 heteroatoms. The van der Waals surface area contributed by atoms with Crippen molar-refractivity contribution in [1.29, 1.82) is 0 Å². The maximum Gasteiger partial charge on any atom is 0.136 e. The van der Waals surface area contributed by atoms with Crippen LogP contribution in [0, 0.1) is 5.82 Å². The van der Waals surface area contributed by atoms with E-state index in [0.717, 1.165) is 36.9 Å². The lowest BCUT2D eigenvalue weighted by Crippen LogP contribution is -2.38. The van der Waals surface area contributed by atoms with Gasteiger partial charge in [-0.05, 0) is 12.1 Å². The Kier molecular flexibility index (Phi) is 5.00. The SMILES string of the molecule is O=S1CCN(CCSc2ccccc2F)CC1. The van der Waals surface area contributed by atoms with Crippen molar-refractivity contribution in [3.63, 3.8) is 0 Å². The van der Waals surface area contributed by atoms with Crippen molar-refractivity contribution in [3.8, 4) is 0 Å². The fraction of sp³-hybridized carbons (Fsp3) is 0.500. The zero-order chi connectivity index (χ0) is 12.1. The zero-order valence-electron chi connectivity index (χ0n) is 9.60. The van der Waals surface area contributed by atoms with Gasteiger partial charge < -0.3 is 4.90 Å². The second kappa shape index (κ2) is 6.52. The molecule has 2 rings (SSSR count). The van der Waals surface area contributed by atoms with Gasteiger partial charge in [0, 0.05) is 52.6 Å². The van der Waals surface area contributed by atoms with Crippen molar-refractivity contribution in [1.82, 2.24) is 4.90 Å². The predicted octanol–water partition coefficient (Wildman–Crippen LogP) is 1.98. The molecular formula is C12H16FNOS2. The molecule has 0 unspecified atom stereocenters. The number of nitrogens with zero attached hydrogens (tertiary/aromatic N) is 1. The van der Waals surface area contributed by atoms with E-state index in [-0.39, 0.29) is 5.82 Å². The Hall–Kier alpha value is -0.390. The Morgan fingerprint density at radius 3 is 2.71 bits per heavy atom. The van der Waals surface area contributed by atoms with E-state index >= 15 is 0 Å². The molecule has 0 aliphatic carbocycles. The summed E-state index contributed by atoms with van der Waals surface area (Å²) in [5.41, 5.74) is 0. The van der Waals surface area contributed by atoms with Crippen LogP contribution in [0.3, 0.4) is 0 Å². The lowest BCUT2D eigenvalue weighted by molar-refractivity contribution is 0.319. The molecule has 17 heavy (non-hydrogen) atoms. The number of hydrogen-bond donors (Lipinski definition) is 0. The summed E-state index contributed by atoms with van der Waals surface area (Å²) >= 11 is 1.55. The maximum atomic E-state index is 13.3. The average Bonchev–Trinajstić information content (AvgIpc) is 2.34. The third-order valence-corrected chi connectivity index (χ3v) is 5.08. The van der Waals surface area contributed by atoms with Gasteiger partial charge >= 0.3 is 0 Å². The van der Waals surface area contributed by atoms with Crippen LogP contribution in [0.5, 0.6) is 0 Å². The van der Waals surface area contributed by atoms with Gasteiger partial charge in [-0.1, -0.05) is 12.1 Å². The third-order valence-electron chi connectivity index (χ3n) is 2.77. The van der Waals surface area contributed by atoms with E-state index in [0.29, 0.717) is 4.90 Å². The van der Waals surface area contributed by atoms with E-state index < -0.39 is 10.8 Å². The fourth-order valence-corrected chi connectivity index (χ4v) is 3.82. The smallest absolute Gasteiger partial charge is 0.136 e. The molecule has 0 bridgehead atoms. The minimum absolute atomic E-state index is 0.141. The summed E-state index contributed by atoms with van der Waals surface area (Å²) in [5.74, 6) is 2.31. The van der Waals surface area contributed by atoms with Gasteiger partial charge in [0.15, 0.2) is 0 Å². The van der Waals surface area contributed by atoms with E-state index in [1.807, 2.05) is 12.1 Å². The second-order valence-electron chi connectivity index (χ2n) is 3.97. The molecule has 1 heterocycles. The van der Waals surface area contributed by atoms with Gasteiger partial charge in [0.1, 0.15) is 5.82 Å². The van der Waals surface area contributed by atoms with Crippen LogP contribution in [0.15, 0.2) is 29.2 Å². The van der Waals surface area contributed by atoms with Crippen molar-refractivity contribution < 1.29 is 8.60 Å². The predicted molar refractivity (Wildman–Crippen MR) is 71.4 cm³/mol. The molecule has 94 valence electrons. The van der Waals surface area contributed by atoms with E-state index in [1.54, 1.807) is 17.8 Å². The third kappa shape index (κ3) is 4.08. The average molecular weight is 273 g/mol. The number of benzene rings is 1. The summed E-state index contributed by atoms with van der Waals surface area (Å²) < 4.78 is 24.5. The minimum atomic E-state index is -0.615. The first-order valence-corrected chi connectivity index (χ1v) is 8.18. The van der Waals surface area contributed by atoms with Crippen molar-refractivity contribution in [2.45, 2.75) is 4.90 Å². The van der Waals surface area contributed by atoms with Crippen molar-refractivity contribution in [3.05, 3.63) is 30.1 Å². The van der Waals surface area contributed by atoms with Crippen LogP contribution in [0.2, 0.25) is 0 Å². The Balaban J connectivity index is 1.73. The van der Waals surface area contributed by atoms with Gasteiger partial charge in [-0.15, -0.1) is 11.8 Å². The molecule has 0 radical (unpaired) electrons. The lowest BCUT2D eigenvalue weighted by atomic mass is 10.3. The molecule has 1 aliphatic rings. The van der Waals surface area contributed by atoms with Crippen LogP contribution in [0.4, 0.5) is 4.39 Å². The molecule has 0 N–H and O–H groups in total. The molecule has 1 aromatic carbocycles. The molecule has 2 nitrogen and oxygen atoms in total. The quantitative estimate of drug-likeness (QED) is 0.783. The van der Waals surface area contributed by atoms with Gasteiger partial charge in [0.2, 0.25) is 0 Å². The summed E-state index contributed by atoms with van der Waals surface area (Å²) in [5, 5.41) is 0. The highest BCUT2D eigenvalue weighted by molar-refractivity contribution is 7.99. The Morgan fingerprint density at radius 1 is 1.29 bits per heavy atom. The lowest BCUT2D eigenvalue weighted by Gasteiger charge is -2.25. The van der Waals surface area contributed by atoms with Crippen LogP contribution in [-0.4, -0.2) is 46.0 Å². The Bertz CT molecular complexity index is 390. The van der Waals surface area contributed by atoms with Gasteiger partial charge in [-0.3, -0.25) is 4.21 Å². The first kappa shape index (κ1) is 13.1. The Morgan fingerprint density at radius 2 is 2.00 bits per heavy atom. The number of thioether (sulfide) groups is 1.